The van der Waals surface area contributed by atoms with Gasteiger partial charge in [0.05, 0.1) is 31.5 Å². The van der Waals surface area contributed by atoms with Crippen LogP contribution in [0.15, 0.2) is 12.1 Å². The van der Waals surface area contributed by atoms with E-state index in [4.69, 9.17) is 38.0 Å². The van der Waals surface area contributed by atoms with Crippen LogP contribution < -0.4 is 20.1 Å². The Bertz CT molecular complexity index is 555. The number of methoxy groups -OCH3 is 2. The Labute approximate surface area is 146 Å². The van der Waals surface area contributed by atoms with Crippen molar-refractivity contribution in [1.29, 1.82) is 0 Å². The number of anilines is 1. The smallest absolute Gasteiger partial charge is 0.305 e. The van der Waals surface area contributed by atoms with Gasteiger partial charge >= 0.3 is 5.97 Å². The van der Waals surface area contributed by atoms with E-state index in [1.54, 1.807) is 26.2 Å². The maximum absolute atomic E-state index is 11.0. The fourth-order valence-corrected chi connectivity index (χ4v) is 2.13. The van der Waals surface area contributed by atoms with Gasteiger partial charge in [-0.2, -0.15) is 0 Å². The molecule has 0 saturated carbocycles. The highest BCUT2D eigenvalue weighted by atomic mass is 35.5. The lowest BCUT2D eigenvalue weighted by Crippen LogP contribution is -2.30. The van der Waals surface area contributed by atoms with Crippen molar-refractivity contribution in [1.82, 2.24) is 5.32 Å². The van der Waals surface area contributed by atoms with Gasteiger partial charge in [-0.3, -0.25) is 4.79 Å². The van der Waals surface area contributed by atoms with Crippen LogP contribution in [0.25, 0.3) is 0 Å². The second-order valence-electron chi connectivity index (χ2n) is 4.50. The molecule has 0 aromatic heterocycles. The van der Waals surface area contributed by atoms with Gasteiger partial charge in [-0.05, 0) is 18.6 Å². The van der Waals surface area contributed by atoms with E-state index in [1.165, 1.54) is 7.11 Å². The second-order valence-corrected chi connectivity index (χ2v) is 5.31. The normalized spacial score (nSPS) is 9.91. The molecular formula is C15H21ClN2O4S. The fourth-order valence-electron chi connectivity index (χ4n) is 1.69. The van der Waals surface area contributed by atoms with Crippen LogP contribution in [-0.4, -0.2) is 38.5 Å². The van der Waals surface area contributed by atoms with Crippen molar-refractivity contribution >= 4 is 40.6 Å². The second kappa shape index (κ2) is 10.1. The molecule has 1 aromatic rings. The van der Waals surface area contributed by atoms with Crippen molar-refractivity contribution in [3.05, 3.63) is 17.2 Å². The first-order chi connectivity index (χ1) is 11.0. The largest absolute Gasteiger partial charge is 0.495 e. The van der Waals surface area contributed by atoms with E-state index in [0.717, 1.165) is 0 Å². The number of benzene rings is 1. The topological polar surface area (TPSA) is 68.8 Å². The third-order valence-electron chi connectivity index (χ3n) is 2.88. The van der Waals surface area contributed by atoms with E-state index in [-0.39, 0.29) is 5.97 Å². The predicted molar refractivity (Wildman–Crippen MR) is 94.6 cm³/mol. The number of hydrogen-bond acceptors (Lipinski definition) is 5. The van der Waals surface area contributed by atoms with E-state index in [2.05, 4.69) is 10.6 Å². The molecular weight excluding hydrogens is 340 g/mol. The third kappa shape index (κ3) is 6.50. The summed E-state index contributed by atoms with van der Waals surface area (Å²) < 4.78 is 15.4. The molecule has 1 rings (SSSR count). The highest BCUT2D eigenvalue weighted by Crippen LogP contribution is 2.35. The zero-order valence-electron chi connectivity index (χ0n) is 13.4. The van der Waals surface area contributed by atoms with E-state index < -0.39 is 0 Å². The average Bonchev–Trinajstić information content (AvgIpc) is 2.55. The van der Waals surface area contributed by atoms with E-state index >= 15 is 0 Å². The Balaban J connectivity index is 2.49. The molecule has 0 unspecified atom stereocenters. The lowest BCUT2D eigenvalue weighted by atomic mass is 10.2. The molecule has 2 N–H and O–H groups in total. The molecule has 0 aliphatic heterocycles. The quantitative estimate of drug-likeness (QED) is 0.419. The highest BCUT2D eigenvalue weighted by molar-refractivity contribution is 7.80. The minimum atomic E-state index is -0.205. The Hall–Kier alpha value is -1.73. The Morgan fingerprint density at radius 2 is 1.96 bits per heavy atom. The number of thiocarbonyl (C=S) groups is 1. The lowest BCUT2D eigenvalue weighted by Gasteiger charge is -2.15. The number of nitrogens with one attached hydrogen (secondary N) is 2. The van der Waals surface area contributed by atoms with Gasteiger partial charge in [0, 0.05) is 25.1 Å². The molecule has 128 valence electrons. The van der Waals surface area contributed by atoms with Crippen LogP contribution in [0, 0.1) is 0 Å². The molecule has 0 spiro atoms. The van der Waals surface area contributed by atoms with Crippen molar-refractivity contribution in [3.63, 3.8) is 0 Å². The molecule has 23 heavy (non-hydrogen) atoms. The van der Waals surface area contributed by atoms with Crippen LogP contribution in [0.3, 0.4) is 0 Å². The summed E-state index contributed by atoms with van der Waals surface area (Å²) in [5.74, 6) is 0.866. The average molecular weight is 361 g/mol. The first-order valence-electron chi connectivity index (χ1n) is 7.13. The summed E-state index contributed by atoms with van der Waals surface area (Å²) in [4.78, 5) is 11.0. The molecule has 0 atom stereocenters. The van der Waals surface area contributed by atoms with Gasteiger partial charge in [-0.15, -0.1) is 0 Å². The molecule has 0 fully saturated rings. The Morgan fingerprint density at radius 3 is 2.57 bits per heavy atom. The maximum Gasteiger partial charge on any atom is 0.305 e. The molecule has 6 nitrogen and oxygen atoms in total. The van der Waals surface area contributed by atoms with Crippen molar-refractivity contribution in [2.24, 2.45) is 0 Å². The monoisotopic (exact) mass is 360 g/mol. The molecule has 1 aromatic carbocycles. The van der Waals surface area contributed by atoms with Crippen LogP contribution in [0.1, 0.15) is 19.8 Å². The first kappa shape index (κ1) is 19.3. The molecule has 0 bridgehead atoms. The summed E-state index contributed by atoms with van der Waals surface area (Å²) in [6.45, 7) is 2.70. The van der Waals surface area contributed by atoms with Gasteiger partial charge in [0.25, 0.3) is 0 Å². The predicted octanol–water partition coefficient (Wildman–Crippen LogP) is 2.99. The van der Waals surface area contributed by atoms with E-state index in [9.17, 15) is 4.79 Å². The number of rotatable bonds is 8. The van der Waals surface area contributed by atoms with Crippen molar-refractivity contribution in [2.75, 3.05) is 32.7 Å². The Morgan fingerprint density at radius 1 is 1.26 bits per heavy atom. The zero-order valence-corrected chi connectivity index (χ0v) is 15.0. The minimum Gasteiger partial charge on any atom is -0.495 e. The van der Waals surface area contributed by atoms with Crippen molar-refractivity contribution in [3.8, 4) is 11.5 Å². The maximum atomic E-state index is 11.0. The number of halogens is 1. The third-order valence-corrected chi connectivity index (χ3v) is 3.42. The van der Waals surface area contributed by atoms with E-state index in [1.807, 2.05) is 0 Å². The van der Waals surface area contributed by atoms with Gasteiger partial charge in [0.2, 0.25) is 0 Å². The Kier molecular flexibility index (Phi) is 8.50. The van der Waals surface area contributed by atoms with Crippen LogP contribution in [-0.2, 0) is 9.53 Å². The summed E-state index contributed by atoms with van der Waals surface area (Å²) in [7, 11) is 3.08. The summed E-state index contributed by atoms with van der Waals surface area (Å²) in [6, 6.07) is 3.35. The molecule has 8 heteroatoms. The van der Waals surface area contributed by atoms with Crippen molar-refractivity contribution in [2.45, 2.75) is 19.8 Å². The van der Waals surface area contributed by atoms with E-state index in [0.29, 0.717) is 53.3 Å². The van der Waals surface area contributed by atoms with Crippen LogP contribution in [0.2, 0.25) is 5.02 Å². The van der Waals surface area contributed by atoms with Crippen molar-refractivity contribution < 1.29 is 19.0 Å². The molecule has 0 heterocycles. The van der Waals surface area contributed by atoms with Crippen LogP contribution in [0.4, 0.5) is 5.69 Å². The molecule has 0 saturated heterocycles. The molecule has 0 radical (unpaired) electrons. The molecule has 0 amide bonds. The van der Waals surface area contributed by atoms with Gasteiger partial charge in [-0.1, -0.05) is 18.5 Å². The van der Waals surface area contributed by atoms with Crippen LogP contribution >= 0.6 is 23.8 Å². The van der Waals surface area contributed by atoms with Crippen LogP contribution in [0.5, 0.6) is 11.5 Å². The standard InChI is InChI=1S/C15H21ClN2O4S/c1-4-14(19)22-7-5-6-17-15(23)18-11-9-12(20-2)10(16)8-13(11)21-3/h8-9H,4-7H2,1-3H3,(H2,17,18,23). The highest BCUT2D eigenvalue weighted by Gasteiger charge is 2.11. The summed E-state index contributed by atoms with van der Waals surface area (Å²) in [5.41, 5.74) is 0.642. The first-order valence-corrected chi connectivity index (χ1v) is 7.92. The van der Waals surface area contributed by atoms with Gasteiger partial charge in [-0.25, -0.2) is 0 Å². The number of esters is 1. The summed E-state index contributed by atoms with van der Waals surface area (Å²) in [6.07, 6.45) is 1.04. The summed E-state index contributed by atoms with van der Waals surface area (Å²) in [5, 5.41) is 6.93. The van der Waals surface area contributed by atoms with Gasteiger partial charge in [0.1, 0.15) is 11.5 Å². The number of hydrogen-bond donors (Lipinski definition) is 2. The lowest BCUT2D eigenvalue weighted by molar-refractivity contribution is -0.143. The fraction of sp³-hybridized carbons (Fsp3) is 0.467. The zero-order chi connectivity index (χ0) is 17.2. The molecule has 0 aliphatic rings. The summed E-state index contributed by atoms with van der Waals surface area (Å²) >= 11 is 11.3. The number of carbonyl (C=O) groups is 1. The SMILES string of the molecule is CCC(=O)OCCCNC(=S)Nc1cc(OC)c(Cl)cc1OC. The number of ether oxygens (including phenoxy) is 3. The number of carbonyl (C=O) groups excluding carboxylic acids is 1. The van der Waals surface area contributed by atoms with Gasteiger partial charge < -0.3 is 24.8 Å². The molecule has 0 aliphatic carbocycles. The van der Waals surface area contributed by atoms with Gasteiger partial charge in [0.15, 0.2) is 5.11 Å². The minimum absolute atomic E-state index is 0.205.